The van der Waals surface area contributed by atoms with Gasteiger partial charge in [0.05, 0.1) is 11.7 Å². The number of esters is 1. The molecular formula is C25H44N2O6. The van der Waals surface area contributed by atoms with Crippen LogP contribution in [-0.2, 0) is 19.1 Å². The van der Waals surface area contributed by atoms with Crippen LogP contribution in [0.1, 0.15) is 81.6 Å². The number of aliphatic hydroxyl groups excluding tert-OH is 1. The normalized spacial score (nSPS) is 40.8. The number of aliphatic hydroxyl groups is 2. The Morgan fingerprint density at radius 2 is 1.67 bits per heavy atom. The van der Waals surface area contributed by atoms with Gasteiger partial charge in [-0.3, -0.25) is 9.59 Å². The van der Waals surface area contributed by atoms with Gasteiger partial charge in [-0.2, -0.15) is 10.2 Å². The van der Waals surface area contributed by atoms with E-state index in [1.807, 2.05) is 27.7 Å². The molecule has 190 valence electrons. The van der Waals surface area contributed by atoms with Gasteiger partial charge in [-0.1, -0.05) is 27.7 Å². The summed E-state index contributed by atoms with van der Waals surface area (Å²) in [4.78, 5) is 25.8. The highest BCUT2D eigenvalue weighted by Crippen LogP contribution is 2.35. The summed E-state index contributed by atoms with van der Waals surface area (Å²) in [5.74, 6) is -3.11. The minimum Gasteiger partial charge on any atom is -0.459 e. The molecule has 8 nitrogen and oxygen atoms in total. The average Bonchev–Trinajstić information content (AvgIpc) is 2.74. The number of carbonyl (C=O) groups excluding carboxylic acids is 2. The summed E-state index contributed by atoms with van der Waals surface area (Å²) in [6.07, 6.45) is -1.07. The molecular weight excluding hydrogens is 424 g/mol. The third kappa shape index (κ3) is 7.17. The number of methoxy groups -OCH3 is 1. The van der Waals surface area contributed by atoms with Crippen molar-refractivity contribution >= 4 is 23.2 Å². The van der Waals surface area contributed by atoms with Gasteiger partial charge in [-0.15, -0.1) is 0 Å². The molecule has 1 aliphatic rings. The van der Waals surface area contributed by atoms with E-state index in [-0.39, 0.29) is 18.1 Å². The molecule has 0 aromatic rings. The second-order valence-corrected chi connectivity index (χ2v) is 10.4. The Morgan fingerprint density at radius 3 is 2.15 bits per heavy atom. The van der Waals surface area contributed by atoms with Crippen molar-refractivity contribution in [1.29, 1.82) is 0 Å². The molecule has 0 bridgehead atoms. The molecule has 0 aromatic carbocycles. The third-order valence-corrected chi connectivity index (χ3v) is 6.93. The van der Waals surface area contributed by atoms with E-state index < -0.39 is 47.1 Å². The van der Waals surface area contributed by atoms with Gasteiger partial charge in [-0.25, -0.2) is 0 Å². The van der Waals surface area contributed by atoms with E-state index in [0.717, 1.165) is 5.71 Å². The number of nitrogens with zero attached hydrogens (tertiary/aromatic N) is 2. The van der Waals surface area contributed by atoms with Gasteiger partial charge >= 0.3 is 5.97 Å². The van der Waals surface area contributed by atoms with Gasteiger partial charge < -0.3 is 19.7 Å². The Morgan fingerprint density at radius 1 is 1.12 bits per heavy atom. The van der Waals surface area contributed by atoms with E-state index in [4.69, 9.17) is 9.47 Å². The second-order valence-electron chi connectivity index (χ2n) is 10.4. The van der Waals surface area contributed by atoms with Gasteiger partial charge in [0.25, 0.3) is 0 Å². The lowest BCUT2D eigenvalue weighted by molar-refractivity contribution is -0.186. The lowest BCUT2D eigenvalue weighted by Crippen LogP contribution is -2.56. The van der Waals surface area contributed by atoms with Crippen LogP contribution in [-0.4, -0.2) is 63.9 Å². The van der Waals surface area contributed by atoms with Crippen molar-refractivity contribution in [1.82, 2.24) is 0 Å². The molecule has 1 saturated heterocycles. The van der Waals surface area contributed by atoms with Gasteiger partial charge in [0.1, 0.15) is 23.4 Å². The Hall–Kier alpha value is -1.64. The molecule has 0 spiro atoms. The Kier molecular flexibility index (Phi) is 10.4. The Balaban J connectivity index is 3.63. The SMILES string of the molecule is CCC1OC(=O)C(C)C(=O)C(C)CC(C)(OC)CC(C)C(=NN=C(C)C)C(C)C(O)C1(C)O. The number of carbonyl (C=O) groups is 2. The molecule has 0 saturated carbocycles. The van der Waals surface area contributed by atoms with Gasteiger partial charge in [0.2, 0.25) is 0 Å². The molecule has 2 N–H and O–H groups in total. The maximum Gasteiger partial charge on any atom is 0.316 e. The molecule has 8 heteroatoms. The quantitative estimate of drug-likeness (QED) is 0.283. The zero-order valence-corrected chi connectivity index (χ0v) is 22.0. The predicted molar refractivity (Wildman–Crippen MR) is 129 cm³/mol. The molecule has 0 radical (unpaired) electrons. The van der Waals surface area contributed by atoms with Crippen LogP contribution in [0, 0.1) is 23.7 Å². The maximum atomic E-state index is 13.0. The van der Waals surface area contributed by atoms with Crippen LogP contribution in [0.4, 0.5) is 0 Å². The van der Waals surface area contributed by atoms with Crippen LogP contribution >= 0.6 is 0 Å². The number of ketones is 1. The van der Waals surface area contributed by atoms with Gasteiger partial charge in [0.15, 0.2) is 0 Å². The van der Waals surface area contributed by atoms with Crippen molar-refractivity contribution in [2.24, 2.45) is 33.9 Å². The van der Waals surface area contributed by atoms with E-state index in [2.05, 4.69) is 10.2 Å². The Labute approximate surface area is 198 Å². The average molecular weight is 469 g/mol. The number of rotatable bonds is 3. The summed E-state index contributed by atoms with van der Waals surface area (Å²) < 4.78 is 11.4. The van der Waals surface area contributed by atoms with Gasteiger partial charge in [0, 0.05) is 30.4 Å². The summed E-state index contributed by atoms with van der Waals surface area (Å²) in [7, 11) is 1.60. The summed E-state index contributed by atoms with van der Waals surface area (Å²) in [6.45, 7) is 15.9. The first-order valence-electron chi connectivity index (χ1n) is 11.9. The summed E-state index contributed by atoms with van der Waals surface area (Å²) in [6, 6.07) is 0. The van der Waals surface area contributed by atoms with E-state index in [1.165, 1.54) is 13.8 Å². The van der Waals surface area contributed by atoms with Crippen molar-refractivity contribution in [3.05, 3.63) is 0 Å². The number of cyclic esters (lactones) is 1. The highest BCUT2D eigenvalue weighted by molar-refractivity contribution is 5.99. The number of hydrogen-bond donors (Lipinski definition) is 2. The minimum atomic E-state index is -1.77. The first-order valence-corrected chi connectivity index (χ1v) is 11.9. The largest absolute Gasteiger partial charge is 0.459 e. The lowest BCUT2D eigenvalue weighted by atomic mass is 9.75. The fourth-order valence-corrected chi connectivity index (χ4v) is 4.81. The predicted octanol–water partition coefficient (Wildman–Crippen LogP) is 3.57. The van der Waals surface area contributed by atoms with Crippen LogP contribution in [0.25, 0.3) is 0 Å². The maximum absolute atomic E-state index is 13.0. The third-order valence-electron chi connectivity index (χ3n) is 6.93. The molecule has 8 atom stereocenters. The zero-order valence-electron chi connectivity index (χ0n) is 22.0. The standard InChI is InChI=1S/C25H44N2O6/c1-11-19-25(9,31)22(29)17(6)20(27-26-14(2)3)15(4)12-24(8,32-10)13-16(5)21(28)18(7)23(30)33-19/h15-19,22,29,31H,11-13H2,1-10H3. The summed E-state index contributed by atoms with van der Waals surface area (Å²) >= 11 is 0. The fraction of sp³-hybridized carbons (Fsp3) is 0.840. The highest BCUT2D eigenvalue weighted by Gasteiger charge is 2.47. The molecule has 1 rings (SSSR count). The van der Waals surface area contributed by atoms with Crippen molar-refractivity contribution in [2.75, 3.05) is 7.11 Å². The highest BCUT2D eigenvalue weighted by atomic mass is 16.6. The molecule has 0 amide bonds. The topological polar surface area (TPSA) is 118 Å². The van der Waals surface area contributed by atoms with E-state index >= 15 is 0 Å². The first kappa shape index (κ1) is 29.4. The van der Waals surface area contributed by atoms with Crippen LogP contribution in [0.3, 0.4) is 0 Å². The fourth-order valence-electron chi connectivity index (χ4n) is 4.81. The van der Waals surface area contributed by atoms with Gasteiger partial charge in [-0.05, 0) is 59.8 Å². The van der Waals surface area contributed by atoms with Crippen LogP contribution in [0.2, 0.25) is 0 Å². The summed E-state index contributed by atoms with van der Waals surface area (Å²) in [5, 5.41) is 31.2. The molecule has 1 aliphatic heterocycles. The molecule has 8 unspecified atom stereocenters. The molecule has 1 fully saturated rings. The Bertz CT molecular complexity index is 758. The van der Waals surface area contributed by atoms with E-state index in [1.54, 1.807) is 27.9 Å². The smallest absolute Gasteiger partial charge is 0.316 e. The summed E-state index contributed by atoms with van der Waals surface area (Å²) in [5.41, 5.74) is -1.07. The van der Waals surface area contributed by atoms with Crippen molar-refractivity contribution in [3.8, 4) is 0 Å². The van der Waals surface area contributed by atoms with Crippen molar-refractivity contribution < 1.29 is 29.3 Å². The molecule has 33 heavy (non-hydrogen) atoms. The number of ether oxygens (including phenoxy) is 2. The number of hydrogen-bond acceptors (Lipinski definition) is 8. The van der Waals surface area contributed by atoms with E-state index in [0.29, 0.717) is 18.6 Å². The zero-order chi connectivity index (χ0) is 25.7. The van der Waals surface area contributed by atoms with Crippen molar-refractivity contribution in [2.45, 2.75) is 105 Å². The monoisotopic (exact) mass is 468 g/mol. The minimum absolute atomic E-state index is 0.163. The van der Waals surface area contributed by atoms with Crippen LogP contribution < -0.4 is 0 Å². The second kappa shape index (κ2) is 11.7. The molecule has 0 aromatic heterocycles. The molecule has 0 aliphatic carbocycles. The van der Waals surface area contributed by atoms with E-state index in [9.17, 15) is 19.8 Å². The number of Topliss-reactive ketones (excluding diaryl/α,β-unsaturated/α-hetero) is 1. The van der Waals surface area contributed by atoms with Crippen molar-refractivity contribution in [3.63, 3.8) is 0 Å². The first-order chi connectivity index (χ1) is 15.1. The lowest BCUT2D eigenvalue weighted by Gasteiger charge is -2.41. The van der Waals surface area contributed by atoms with Crippen LogP contribution in [0.15, 0.2) is 10.2 Å². The van der Waals surface area contributed by atoms with Crippen LogP contribution in [0.5, 0.6) is 0 Å². The molecule has 1 heterocycles.